The average Bonchev–Trinajstić information content (AvgIpc) is 2.52. The summed E-state index contributed by atoms with van der Waals surface area (Å²) in [5, 5.41) is 0. The first-order chi connectivity index (χ1) is 7.68. The van der Waals surface area contributed by atoms with Crippen molar-refractivity contribution in [2.24, 2.45) is 0 Å². The molecule has 0 aromatic carbocycles. The molecule has 0 amide bonds. The van der Waals surface area contributed by atoms with Crippen LogP contribution in [0.25, 0.3) is 0 Å². The summed E-state index contributed by atoms with van der Waals surface area (Å²) in [5.74, 6) is -1.48. The molecule has 2 rings (SSSR count). The lowest BCUT2D eigenvalue weighted by molar-refractivity contribution is 0.570. The predicted octanol–water partition coefficient (Wildman–Crippen LogP) is 2.32. The zero-order valence-electron chi connectivity index (χ0n) is 9.05. The van der Waals surface area contributed by atoms with Crippen LogP contribution in [0.4, 0.5) is 20.4 Å². The van der Waals surface area contributed by atoms with E-state index in [-0.39, 0.29) is 11.6 Å². The van der Waals surface area contributed by atoms with Gasteiger partial charge in [-0.05, 0) is 12.8 Å². The van der Waals surface area contributed by atoms with Crippen molar-refractivity contribution in [3.63, 3.8) is 0 Å². The number of hydrogen-bond donors (Lipinski definition) is 1. The number of nitrogens with two attached hydrogens (primary N) is 1. The highest BCUT2D eigenvalue weighted by Gasteiger charge is 2.17. The Hall–Kier alpha value is -1.39. The molecule has 1 aromatic rings. The van der Waals surface area contributed by atoms with Crippen LogP contribution < -0.4 is 10.6 Å². The summed E-state index contributed by atoms with van der Waals surface area (Å²) in [6, 6.07) is 0.808. The maximum Gasteiger partial charge on any atom is 0.168 e. The molecule has 0 unspecified atom stereocenters. The van der Waals surface area contributed by atoms with E-state index in [1.807, 2.05) is 4.90 Å². The standard InChI is InChI=1S/C11H15F2N3/c12-8-7-9(13)11(15-10(8)14)16-5-3-1-2-4-6-16/h7H,1-6H2,(H2,14,15). The molecule has 3 nitrogen and oxygen atoms in total. The van der Waals surface area contributed by atoms with Gasteiger partial charge in [0.2, 0.25) is 0 Å². The largest absolute Gasteiger partial charge is 0.381 e. The quantitative estimate of drug-likeness (QED) is 0.800. The lowest BCUT2D eigenvalue weighted by Crippen LogP contribution is -2.26. The smallest absolute Gasteiger partial charge is 0.168 e. The van der Waals surface area contributed by atoms with E-state index in [0.29, 0.717) is 0 Å². The van der Waals surface area contributed by atoms with Crippen LogP contribution in [-0.2, 0) is 0 Å². The first-order valence-electron chi connectivity index (χ1n) is 5.55. The highest BCUT2D eigenvalue weighted by Crippen LogP contribution is 2.23. The number of pyridine rings is 1. The van der Waals surface area contributed by atoms with E-state index in [9.17, 15) is 8.78 Å². The molecule has 0 radical (unpaired) electrons. The summed E-state index contributed by atoms with van der Waals surface area (Å²) in [5.41, 5.74) is 5.36. The van der Waals surface area contributed by atoms with Crippen LogP contribution in [0.1, 0.15) is 25.7 Å². The second-order valence-corrected chi connectivity index (χ2v) is 4.06. The lowest BCUT2D eigenvalue weighted by atomic mass is 10.2. The van der Waals surface area contributed by atoms with Crippen LogP contribution in [-0.4, -0.2) is 18.1 Å². The van der Waals surface area contributed by atoms with Gasteiger partial charge >= 0.3 is 0 Å². The van der Waals surface area contributed by atoms with Gasteiger partial charge in [-0.3, -0.25) is 0 Å². The minimum Gasteiger partial charge on any atom is -0.381 e. The summed E-state index contributed by atoms with van der Waals surface area (Å²) in [6.07, 6.45) is 4.32. The third-order valence-electron chi connectivity index (χ3n) is 2.84. The maximum absolute atomic E-state index is 13.5. The van der Waals surface area contributed by atoms with Gasteiger partial charge in [0.05, 0.1) is 0 Å². The fraction of sp³-hybridized carbons (Fsp3) is 0.545. The Bertz CT molecular complexity index is 374. The minimum atomic E-state index is -0.795. The topological polar surface area (TPSA) is 42.1 Å². The van der Waals surface area contributed by atoms with Gasteiger partial charge in [-0.15, -0.1) is 0 Å². The molecule has 5 heteroatoms. The van der Waals surface area contributed by atoms with Gasteiger partial charge in [0.15, 0.2) is 23.3 Å². The normalized spacial score (nSPS) is 17.2. The molecular weight excluding hydrogens is 212 g/mol. The Morgan fingerprint density at radius 3 is 2.31 bits per heavy atom. The molecule has 0 bridgehead atoms. The molecular formula is C11H15F2N3. The van der Waals surface area contributed by atoms with Crippen molar-refractivity contribution in [3.8, 4) is 0 Å². The summed E-state index contributed by atoms with van der Waals surface area (Å²) in [7, 11) is 0. The summed E-state index contributed by atoms with van der Waals surface area (Å²) >= 11 is 0. The van der Waals surface area contributed by atoms with Crippen molar-refractivity contribution in [1.82, 2.24) is 4.98 Å². The molecule has 1 fully saturated rings. The minimum absolute atomic E-state index is 0.181. The molecule has 2 heterocycles. The van der Waals surface area contributed by atoms with Gasteiger partial charge < -0.3 is 10.6 Å². The molecule has 0 spiro atoms. The van der Waals surface area contributed by atoms with E-state index in [4.69, 9.17) is 5.73 Å². The summed E-state index contributed by atoms with van der Waals surface area (Å²) in [6.45, 7) is 1.52. The summed E-state index contributed by atoms with van der Waals surface area (Å²) in [4.78, 5) is 5.64. The zero-order chi connectivity index (χ0) is 11.5. The van der Waals surface area contributed by atoms with Gasteiger partial charge in [0, 0.05) is 19.2 Å². The predicted molar refractivity (Wildman–Crippen MR) is 59.2 cm³/mol. The second-order valence-electron chi connectivity index (χ2n) is 4.06. The van der Waals surface area contributed by atoms with Crippen molar-refractivity contribution in [2.75, 3.05) is 23.7 Å². The Labute approximate surface area is 93.3 Å². The molecule has 1 aliphatic heterocycles. The second kappa shape index (κ2) is 4.63. The van der Waals surface area contributed by atoms with Crippen molar-refractivity contribution < 1.29 is 8.78 Å². The highest BCUT2D eigenvalue weighted by atomic mass is 19.1. The fourth-order valence-corrected chi connectivity index (χ4v) is 1.97. The van der Waals surface area contributed by atoms with Crippen LogP contribution in [0.2, 0.25) is 0 Å². The average molecular weight is 227 g/mol. The van der Waals surface area contributed by atoms with Gasteiger partial charge in [-0.1, -0.05) is 12.8 Å². The van der Waals surface area contributed by atoms with Crippen LogP contribution in [0, 0.1) is 11.6 Å². The molecule has 0 saturated carbocycles. The zero-order valence-corrected chi connectivity index (χ0v) is 9.05. The number of nitrogens with zero attached hydrogens (tertiary/aromatic N) is 2. The van der Waals surface area contributed by atoms with Crippen LogP contribution >= 0.6 is 0 Å². The van der Waals surface area contributed by atoms with Crippen molar-refractivity contribution >= 4 is 11.6 Å². The molecule has 16 heavy (non-hydrogen) atoms. The van der Waals surface area contributed by atoms with E-state index in [1.165, 1.54) is 0 Å². The van der Waals surface area contributed by atoms with E-state index in [0.717, 1.165) is 44.8 Å². The monoisotopic (exact) mass is 227 g/mol. The number of anilines is 2. The fourth-order valence-electron chi connectivity index (χ4n) is 1.97. The Kier molecular flexibility index (Phi) is 3.22. The van der Waals surface area contributed by atoms with E-state index < -0.39 is 11.6 Å². The number of hydrogen-bond acceptors (Lipinski definition) is 3. The van der Waals surface area contributed by atoms with Crippen LogP contribution in [0.15, 0.2) is 6.07 Å². The summed E-state index contributed by atoms with van der Waals surface area (Å²) < 4.78 is 26.5. The van der Waals surface area contributed by atoms with Crippen LogP contribution in [0.5, 0.6) is 0 Å². The Balaban J connectivity index is 2.27. The third-order valence-corrected chi connectivity index (χ3v) is 2.84. The van der Waals surface area contributed by atoms with Gasteiger partial charge in [0.1, 0.15) is 0 Å². The SMILES string of the molecule is Nc1nc(N2CCCCCC2)c(F)cc1F. The first-order valence-corrected chi connectivity index (χ1v) is 5.55. The third kappa shape index (κ3) is 2.23. The van der Waals surface area contributed by atoms with Crippen LogP contribution in [0.3, 0.4) is 0 Å². The Morgan fingerprint density at radius 2 is 1.69 bits per heavy atom. The van der Waals surface area contributed by atoms with E-state index >= 15 is 0 Å². The molecule has 1 saturated heterocycles. The molecule has 0 atom stereocenters. The molecule has 2 N–H and O–H groups in total. The van der Waals surface area contributed by atoms with Crippen molar-refractivity contribution in [2.45, 2.75) is 25.7 Å². The maximum atomic E-state index is 13.5. The van der Waals surface area contributed by atoms with Crippen molar-refractivity contribution in [1.29, 1.82) is 0 Å². The molecule has 1 aliphatic rings. The van der Waals surface area contributed by atoms with E-state index in [1.54, 1.807) is 0 Å². The molecule has 0 aliphatic carbocycles. The molecule has 1 aromatic heterocycles. The highest BCUT2D eigenvalue weighted by molar-refractivity contribution is 5.47. The number of rotatable bonds is 1. The van der Waals surface area contributed by atoms with Gasteiger partial charge in [-0.2, -0.15) is 0 Å². The first kappa shape index (κ1) is 11.1. The Morgan fingerprint density at radius 1 is 1.06 bits per heavy atom. The molecule has 88 valence electrons. The lowest BCUT2D eigenvalue weighted by Gasteiger charge is -2.22. The van der Waals surface area contributed by atoms with Crippen molar-refractivity contribution in [3.05, 3.63) is 17.7 Å². The number of nitrogen functional groups attached to an aromatic ring is 1. The number of aromatic nitrogens is 1. The van der Waals surface area contributed by atoms with Gasteiger partial charge in [0.25, 0.3) is 0 Å². The van der Waals surface area contributed by atoms with Gasteiger partial charge in [-0.25, -0.2) is 13.8 Å². The number of halogens is 2. The van der Waals surface area contributed by atoms with E-state index in [2.05, 4.69) is 4.98 Å².